The molecule has 0 aromatic carbocycles. The van der Waals surface area contributed by atoms with Gasteiger partial charge < -0.3 is 10.5 Å². The van der Waals surface area contributed by atoms with Crippen molar-refractivity contribution in [1.82, 2.24) is 0 Å². The van der Waals surface area contributed by atoms with E-state index in [4.69, 9.17) is 10.5 Å². The standard InChI is InChI=1S/C7H13N.C3H9NOS/c1-8-7-5-3-2-4-6-7;4-1-2-5-3-6/h7H,1-6H2;6H,1-4H2. The van der Waals surface area contributed by atoms with E-state index in [1.165, 1.54) is 32.1 Å². The molecule has 1 aliphatic rings. The van der Waals surface area contributed by atoms with Crippen molar-refractivity contribution in [3.8, 4) is 0 Å². The van der Waals surface area contributed by atoms with Gasteiger partial charge in [0.2, 0.25) is 0 Å². The van der Waals surface area contributed by atoms with Crippen molar-refractivity contribution in [1.29, 1.82) is 0 Å². The molecule has 0 aromatic rings. The molecule has 0 unspecified atom stereocenters. The predicted molar refractivity (Wildman–Crippen MR) is 65.3 cm³/mol. The first-order valence-electron chi connectivity index (χ1n) is 5.19. The van der Waals surface area contributed by atoms with Gasteiger partial charge in [0.15, 0.2) is 0 Å². The van der Waals surface area contributed by atoms with Crippen LogP contribution in [0.2, 0.25) is 0 Å². The Kier molecular flexibility index (Phi) is 11.0. The Morgan fingerprint density at radius 3 is 2.29 bits per heavy atom. The van der Waals surface area contributed by atoms with Crippen LogP contribution in [-0.4, -0.2) is 31.8 Å². The van der Waals surface area contributed by atoms with Crippen molar-refractivity contribution < 1.29 is 4.74 Å². The van der Waals surface area contributed by atoms with Crippen molar-refractivity contribution in [2.24, 2.45) is 10.7 Å². The lowest BCUT2D eigenvalue weighted by Gasteiger charge is -2.15. The molecule has 0 aliphatic heterocycles. The third kappa shape index (κ3) is 8.53. The highest BCUT2D eigenvalue weighted by Crippen LogP contribution is 2.19. The highest BCUT2D eigenvalue weighted by atomic mass is 32.1. The monoisotopic (exact) mass is 218 g/mol. The van der Waals surface area contributed by atoms with Gasteiger partial charge in [0.1, 0.15) is 0 Å². The average Bonchev–Trinajstić information content (AvgIpc) is 2.28. The molecule has 0 bridgehead atoms. The summed E-state index contributed by atoms with van der Waals surface area (Å²) in [4.78, 5) is 4.00. The van der Waals surface area contributed by atoms with E-state index in [0.29, 0.717) is 25.1 Å². The second-order valence-electron chi connectivity index (χ2n) is 3.30. The van der Waals surface area contributed by atoms with Gasteiger partial charge in [-0.1, -0.05) is 19.3 Å². The fourth-order valence-corrected chi connectivity index (χ4v) is 1.54. The van der Waals surface area contributed by atoms with Gasteiger partial charge in [0.25, 0.3) is 0 Å². The summed E-state index contributed by atoms with van der Waals surface area (Å²) in [7, 11) is 0. The number of hydrogen-bond acceptors (Lipinski definition) is 4. The zero-order valence-corrected chi connectivity index (χ0v) is 9.72. The molecular formula is C10H22N2OS. The Morgan fingerprint density at radius 1 is 1.36 bits per heavy atom. The van der Waals surface area contributed by atoms with E-state index in [1.807, 2.05) is 0 Å². The summed E-state index contributed by atoms with van der Waals surface area (Å²) >= 11 is 3.78. The molecule has 2 N–H and O–H groups in total. The van der Waals surface area contributed by atoms with Gasteiger partial charge in [-0.3, -0.25) is 4.99 Å². The molecule has 1 rings (SSSR count). The van der Waals surface area contributed by atoms with Gasteiger partial charge in [-0.05, 0) is 19.6 Å². The average molecular weight is 218 g/mol. The molecule has 0 heterocycles. The van der Waals surface area contributed by atoms with Crippen molar-refractivity contribution in [2.45, 2.75) is 38.1 Å². The van der Waals surface area contributed by atoms with Crippen LogP contribution in [0.5, 0.6) is 0 Å². The van der Waals surface area contributed by atoms with E-state index in [1.54, 1.807) is 0 Å². The van der Waals surface area contributed by atoms with Gasteiger partial charge in [0.05, 0.1) is 12.5 Å². The van der Waals surface area contributed by atoms with E-state index < -0.39 is 0 Å². The van der Waals surface area contributed by atoms with Crippen LogP contribution < -0.4 is 5.73 Å². The Hall–Kier alpha value is -0.0600. The number of rotatable bonds is 4. The van der Waals surface area contributed by atoms with Crippen molar-refractivity contribution in [2.75, 3.05) is 19.1 Å². The fraction of sp³-hybridized carbons (Fsp3) is 0.900. The first kappa shape index (κ1) is 13.9. The lowest BCUT2D eigenvalue weighted by molar-refractivity contribution is 0.192. The first-order chi connectivity index (χ1) is 6.85. The van der Waals surface area contributed by atoms with Crippen LogP contribution in [0.1, 0.15) is 32.1 Å². The van der Waals surface area contributed by atoms with Crippen molar-refractivity contribution in [3.63, 3.8) is 0 Å². The first-order valence-corrected chi connectivity index (χ1v) is 5.83. The van der Waals surface area contributed by atoms with Crippen LogP contribution in [0.25, 0.3) is 0 Å². The van der Waals surface area contributed by atoms with Gasteiger partial charge in [-0.25, -0.2) is 0 Å². The van der Waals surface area contributed by atoms with Gasteiger partial charge in [0, 0.05) is 12.6 Å². The van der Waals surface area contributed by atoms with Gasteiger partial charge in [-0.2, -0.15) is 12.6 Å². The third-order valence-corrected chi connectivity index (χ3v) is 2.37. The number of nitrogens with two attached hydrogens (primary N) is 1. The normalized spacial score (nSPS) is 17.0. The molecule has 14 heavy (non-hydrogen) atoms. The minimum absolute atomic E-state index is 0.469. The summed E-state index contributed by atoms with van der Waals surface area (Å²) in [6, 6.07) is 0.601. The predicted octanol–water partition coefficient (Wildman–Crippen LogP) is 1.87. The van der Waals surface area contributed by atoms with E-state index in [9.17, 15) is 0 Å². The number of hydrogen-bond donors (Lipinski definition) is 2. The van der Waals surface area contributed by atoms with E-state index >= 15 is 0 Å². The highest BCUT2D eigenvalue weighted by Gasteiger charge is 2.09. The summed E-state index contributed by atoms with van der Waals surface area (Å²) < 4.78 is 4.72. The maximum absolute atomic E-state index is 5.06. The Bertz CT molecular complexity index is 123. The molecule has 3 nitrogen and oxygen atoms in total. The zero-order chi connectivity index (χ0) is 10.6. The topological polar surface area (TPSA) is 47.6 Å². The van der Waals surface area contributed by atoms with E-state index in [2.05, 4.69) is 24.3 Å². The SMILES string of the molecule is C=NC1CCCCC1.NCCOCS. The fourth-order valence-electron chi connectivity index (χ4n) is 1.41. The molecule has 0 atom stereocenters. The second kappa shape index (κ2) is 11.0. The summed E-state index contributed by atoms with van der Waals surface area (Å²) in [6.07, 6.45) is 6.70. The summed E-state index contributed by atoms with van der Waals surface area (Å²) in [6.45, 7) is 4.73. The largest absolute Gasteiger partial charge is 0.370 e. The molecule has 0 spiro atoms. The summed E-state index contributed by atoms with van der Waals surface area (Å²) in [5, 5.41) is 0. The van der Waals surface area contributed by atoms with Gasteiger partial charge >= 0.3 is 0 Å². The van der Waals surface area contributed by atoms with Crippen molar-refractivity contribution >= 4 is 19.3 Å². The van der Waals surface area contributed by atoms with Crippen LogP contribution in [-0.2, 0) is 4.74 Å². The minimum atomic E-state index is 0.469. The summed E-state index contributed by atoms with van der Waals surface area (Å²) in [5.41, 5.74) is 5.06. The third-order valence-electron chi connectivity index (χ3n) is 2.19. The van der Waals surface area contributed by atoms with Crippen LogP contribution >= 0.6 is 12.6 Å². The Balaban J connectivity index is 0.000000255. The van der Waals surface area contributed by atoms with Gasteiger partial charge in [-0.15, -0.1) is 0 Å². The van der Waals surface area contributed by atoms with Crippen LogP contribution in [0.15, 0.2) is 4.99 Å². The van der Waals surface area contributed by atoms with E-state index in [0.717, 1.165) is 0 Å². The second-order valence-corrected chi connectivity index (χ2v) is 3.56. The Labute approximate surface area is 92.5 Å². The molecular weight excluding hydrogens is 196 g/mol. The molecule has 0 radical (unpaired) electrons. The lowest BCUT2D eigenvalue weighted by atomic mass is 9.96. The molecule has 4 heteroatoms. The molecule has 1 saturated carbocycles. The molecule has 0 amide bonds. The summed E-state index contributed by atoms with van der Waals surface area (Å²) in [5.74, 6) is 0.469. The van der Waals surface area contributed by atoms with E-state index in [-0.39, 0.29) is 0 Å². The minimum Gasteiger partial charge on any atom is -0.370 e. The van der Waals surface area contributed by atoms with Crippen LogP contribution in [0.3, 0.4) is 0 Å². The number of nitrogens with zero attached hydrogens (tertiary/aromatic N) is 1. The molecule has 1 aliphatic carbocycles. The van der Waals surface area contributed by atoms with Crippen molar-refractivity contribution in [3.05, 3.63) is 0 Å². The molecule has 0 saturated heterocycles. The number of ether oxygens (including phenoxy) is 1. The highest BCUT2D eigenvalue weighted by molar-refractivity contribution is 7.80. The Morgan fingerprint density at radius 2 is 2.00 bits per heavy atom. The maximum atomic E-state index is 5.06. The lowest BCUT2D eigenvalue weighted by Crippen LogP contribution is -2.08. The number of aliphatic imine (C=N–C) groups is 1. The quantitative estimate of drug-likeness (QED) is 0.327. The number of thiol groups is 1. The molecule has 84 valence electrons. The smallest absolute Gasteiger partial charge is 0.0893 e. The molecule has 1 fully saturated rings. The maximum Gasteiger partial charge on any atom is 0.0893 e. The molecule has 0 aromatic heterocycles. The van der Waals surface area contributed by atoms with Crippen LogP contribution in [0, 0.1) is 0 Å². The zero-order valence-electron chi connectivity index (χ0n) is 8.82. The van der Waals surface area contributed by atoms with Crippen LogP contribution in [0.4, 0.5) is 0 Å².